The number of carbonyl (C=O) groups is 1. The van der Waals surface area contributed by atoms with Gasteiger partial charge < -0.3 is 23.4 Å². The summed E-state index contributed by atoms with van der Waals surface area (Å²) in [6.45, 7) is 21.5. The first-order chi connectivity index (χ1) is 11.9. The molecule has 0 aromatic rings. The van der Waals surface area contributed by atoms with E-state index in [9.17, 15) is 4.79 Å². The Morgan fingerprint density at radius 1 is 0.778 bits per heavy atom. The van der Waals surface area contributed by atoms with Crippen LogP contribution < -0.4 is 0 Å². The molecule has 27 heavy (non-hydrogen) atoms. The van der Waals surface area contributed by atoms with Crippen molar-refractivity contribution in [2.45, 2.75) is 116 Å². The molecule has 0 radical (unpaired) electrons. The fourth-order valence-electron chi connectivity index (χ4n) is 3.02. The number of hydrogen-bond acceptors (Lipinski definition) is 6. The van der Waals surface area contributed by atoms with Crippen molar-refractivity contribution in [1.82, 2.24) is 0 Å². The molecular weight excluding hydrogens is 346 g/mol. The lowest BCUT2D eigenvalue weighted by Crippen LogP contribution is -2.41. The maximum Gasteiger partial charge on any atom is 0.459 e. The molecule has 0 atom stereocenters. The van der Waals surface area contributed by atoms with E-state index in [4.69, 9.17) is 23.4 Å². The van der Waals surface area contributed by atoms with Gasteiger partial charge >= 0.3 is 20.2 Å². The molecule has 0 aromatic carbocycles. The van der Waals surface area contributed by atoms with Crippen LogP contribution in [0.5, 0.6) is 0 Å². The number of ether oxygens (including phenoxy) is 1. The average Bonchev–Trinajstić information content (AvgIpc) is 2.73. The van der Waals surface area contributed by atoms with Gasteiger partial charge in [0.05, 0.1) is 22.4 Å². The van der Waals surface area contributed by atoms with E-state index in [-0.39, 0.29) is 12.4 Å². The smallest absolute Gasteiger partial charge is 0.459 e. The van der Waals surface area contributed by atoms with E-state index < -0.39 is 48.0 Å². The second-order valence-electron chi connectivity index (χ2n) is 10.7. The molecule has 8 heteroatoms. The van der Waals surface area contributed by atoms with Gasteiger partial charge in [0.25, 0.3) is 0 Å². The highest BCUT2D eigenvalue weighted by atomic mass is 16.7. The monoisotopic (exact) mass is 382 g/mol. The number of carbonyl (C=O) groups excluding carboxylic acids is 1. The maximum absolute atomic E-state index is 12.6. The van der Waals surface area contributed by atoms with E-state index in [0.29, 0.717) is 0 Å². The first kappa shape index (κ1) is 22.7. The Morgan fingerprint density at radius 3 is 1.33 bits per heavy atom. The molecule has 2 aliphatic rings. The molecule has 0 aliphatic carbocycles. The summed E-state index contributed by atoms with van der Waals surface area (Å²) in [6.07, 6.45) is 0.0882. The lowest BCUT2D eigenvalue weighted by atomic mass is 9.50. The first-order valence-electron chi connectivity index (χ1n) is 9.80. The minimum atomic E-state index is -0.628. The Hall–Kier alpha value is -0.560. The van der Waals surface area contributed by atoms with Crippen LogP contribution in [-0.2, 0) is 28.1 Å². The molecule has 2 fully saturated rings. The Labute approximate surface area is 165 Å². The molecule has 0 N–H and O–H groups in total. The highest BCUT2D eigenvalue weighted by Crippen LogP contribution is 2.46. The van der Waals surface area contributed by atoms with Gasteiger partial charge in [-0.05, 0) is 76.2 Å². The molecule has 0 unspecified atom stereocenters. The molecule has 2 rings (SSSR count). The molecule has 0 amide bonds. The van der Waals surface area contributed by atoms with Crippen LogP contribution in [0.25, 0.3) is 0 Å². The summed E-state index contributed by atoms with van der Waals surface area (Å²) >= 11 is 0. The Bertz CT molecular complexity index is 511. The fourth-order valence-corrected chi connectivity index (χ4v) is 3.02. The van der Waals surface area contributed by atoms with Crippen LogP contribution in [0.15, 0.2) is 0 Å². The number of hydrogen-bond donors (Lipinski definition) is 0. The van der Waals surface area contributed by atoms with Crippen molar-refractivity contribution >= 4 is 20.2 Å². The second kappa shape index (κ2) is 6.75. The SMILES string of the molecule is CC(C)(C)OC(=O)CC(B1OC(C)(C)C(C)(C)O1)B1OC(C)(C)C(C)(C)O1. The predicted octanol–water partition coefficient (Wildman–Crippen LogP) is 3.81. The Balaban J connectivity index is 2.27. The van der Waals surface area contributed by atoms with E-state index in [0.717, 1.165) is 0 Å². The van der Waals surface area contributed by atoms with E-state index >= 15 is 0 Å². The summed E-state index contributed by atoms with van der Waals surface area (Å²) in [7, 11) is -1.26. The first-order valence-corrected chi connectivity index (χ1v) is 9.80. The van der Waals surface area contributed by atoms with Gasteiger partial charge in [-0.1, -0.05) is 0 Å². The third-order valence-electron chi connectivity index (χ3n) is 6.06. The Morgan fingerprint density at radius 2 is 1.07 bits per heavy atom. The summed E-state index contributed by atoms with van der Waals surface area (Å²) in [4.78, 5) is 12.6. The van der Waals surface area contributed by atoms with E-state index in [2.05, 4.69) is 0 Å². The van der Waals surface area contributed by atoms with Gasteiger partial charge in [0.15, 0.2) is 0 Å². The topological polar surface area (TPSA) is 63.2 Å². The van der Waals surface area contributed by atoms with Crippen molar-refractivity contribution in [1.29, 1.82) is 0 Å². The van der Waals surface area contributed by atoms with E-state index in [1.807, 2.05) is 76.2 Å². The minimum Gasteiger partial charge on any atom is -0.460 e. The van der Waals surface area contributed by atoms with Gasteiger partial charge in [0.2, 0.25) is 0 Å². The van der Waals surface area contributed by atoms with Gasteiger partial charge in [0.1, 0.15) is 5.60 Å². The van der Waals surface area contributed by atoms with Gasteiger partial charge in [0, 0.05) is 12.1 Å². The molecule has 0 spiro atoms. The molecule has 2 aliphatic heterocycles. The standard InChI is InChI=1S/C19H36B2O6/c1-15(2,3)23-14(22)12-13(20-24-16(4,5)17(6,7)25-20)21-26-18(8,9)19(10,11)27-21/h13H,12H2,1-11H3. The van der Waals surface area contributed by atoms with E-state index in [1.165, 1.54) is 0 Å². The Kier molecular flexibility index (Phi) is 5.68. The van der Waals surface area contributed by atoms with Crippen molar-refractivity contribution < 1.29 is 28.1 Å². The summed E-state index contributed by atoms with van der Waals surface area (Å²) in [5.74, 6) is -0.322. The third kappa shape index (κ3) is 4.72. The van der Waals surface area contributed by atoms with E-state index in [1.54, 1.807) is 0 Å². The maximum atomic E-state index is 12.6. The van der Waals surface area contributed by atoms with Crippen molar-refractivity contribution in [2.24, 2.45) is 0 Å². The van der Waals surface area contributed by atoms with Crippen LogP contribution in [0.4, 0.5) is 0 Å². The zero-order valence-electron chi connectivity index (χ0n) is 18.9. The summed E-state index contributed by atoms with van der Waals surface area (Å²) in [6, 6.07) is 0. The summed E-state index contributed by atoms with van der Waals surface area (Å²) in [5, 5.41) is 0. The second-order valence-corrected chi connectivity index (χ2v) is 10.7. The third-order valence-corrected chi connectivity index (χ3v) is 6.06. The number of rotatable bonds is 4. The van der Waals surface area contributed by atoms with Gasteiger partial charge in [-0.15, -0.1) is 0 Å². The van der Waals surface area contributed by atoms with Crippen molar-refractivity contribution in [2.75, 3.05) is 0 Å². The molecule has 6 nitrogen and oxygen atoms in total. The van der Waals surface area contributed by atoms with Crippen molar-refractivity contribution in [3.8, 4) is 0 Å². The van der Waals surface area contributed by atoms with Gasteiger partial charge in [-0.2, -0.15) is 0 Å². The van der Waals surface area contributed by atoms with Gasteiger partial charge in [-0.3, -0.25) is 4.79 Å². The van der Waals surface area contributed by atoms with Crippen LogP contribution in [-0.4, -0.2) is 48.2 Å². The van der Waals surface area contributed by atoms with Crippen LogP contribution in [0.3, 0.4) is 0 Å². The summed E-state index contributed by atoms with van der Waals surface area (Å²) in [5.41, 5.74) is -3.03. The fraction of sp³-hybridized carbons (Fsp3) is 0.947. The molecule has 0 bridgehead atoms. The van der Waals surface area contributed by atoms with Crippen LogP contribution >= 0.6 is 0 Å². The van der Waals surface area contributed by atoms with Gasteiger partial charge in [-0.25, -0.2) is 0 Å². The molecular formula is C19H36B2O6. The molecule has 154 valence electrons. The van der Waals surface area contributed by atoms with Crippen molar-refractivity contribution in [3.63, 3.8) is 0 Å². The van der Waals surface area contributed by atoms with Crippen molar-refractivity contribution in [3.05, 3.63) is 0 Å². The average molecular weight is 382 g/mol. The van der Waals surface area contributed by atoms with Crippen LogP contribution in [0.1, 0.15) is 82.6 Å². The van der Waals surface area contributed by atoms with Crippen LogP contribution in [0.2, 0.25) is 5.72 Å². The predicted molar refractivity (Wildman–Crippen MR) is 106 cm³/mol. The van der Waals surface area contributed by atoms with Crippen LogP contribution in [0, 0.1) is 0 Å². The zero-order valence-corrected chi connectivity index (χ0v) is 18.9. The minimum absolute atomic E-state index is 0.0882. The zero-order chi connectivity index (χ0) is 21.1. The quantitative estimate of drug-likeness (QED) is 0.544. The normalized spacial score (nSPS) is 25.9. The molecule has 0 aromatic heterocycles. The summed E-state index contributed by atoms with van der Waals surface area (Å²) < 4.78 is 30.4. The lowest BCUT2D eigenvalue weighted by Gasteiger charge is -2.32. The highest BCUT2D eigenvalue weighted by Gasteiger charge is 2.62. The number of esters is 1. The molecule has 0 saturated carbocycles. The molecule has 2 saturated heterocycles. The highest BCUT2D eigenvalue weighted by molar-refractivity contribution is 6.68. The largest absolute Gasteiger partial charge is 0.460 e. The lowest BCUT2D eigenvalue weighted by molar-refractivity contribution is -0.154. The molecule has 2 heterocycles.